The Morgan fingerprint density at radius 3 is 2.62 bits per heavy atom. The predicted molar refractivity (Wildman–Crippen MR) is 84.1 cm³/mol. The zero-order valence-electron chi connectivity index (χ0n) is 12.3. The highest BCUT2D eigenvalue weighted by atomic mass is 16.5. The summed E-state index contributed by atoms with van der Waals surface area (Å²) < 4.78 is 7.31. The number of hydrogen-bond donors (Lipinski definition) is 0. The molecule has 0 atom stereocenters. The van der Waals surface area contributed by atoms with Gasteiger partial charge in [0.1, 0.15) is 5.75 Å². The van der Waals surface area contributed by atoms with Gasteiger partial charge in [-0.15, -0.1) is 0 Å². The van der Waals surface area contributed by atoms with Crippen molar-refractivity contribution in [3.8, 4) is 11.4 Å². The van der Waals surface area contributed by atoms with Crippen LogP contribution in [0.2, 0.25) is 0 Å². The summed E-state index contributed by atoms with van der Waals surface area (Å²) in [7, 11) is 1.69. The first-order chi connectivity index (χ1) is 10.3. The van der Waals surface area contributed by atoms with Gasteiger partial charge in [-0.1, -0.05) is 30.3 Å². The molecule has 0 spiro atoms. The van der Waals surface area contributed by atoms with Gasteiger partial charge in [-0.2, -0.15) is 5.10 Å². The zero-order chi connectivity index (χ0) is 14.7. The molecule has 2 aromatic carbocycles. The Balaban J connectivity index is 1.97. The van der Waals surface area contributed by atoms with Gasteiger partial charge >= 0.3 is 0 Å². The summed E-state index contributed by atoms with van der Waals surface area (Å²) in [5.41, 5.74) is 4.70. The summed E-state index contributed by atoms with van der Waals surface area (Å²) >= 11 is 0. The molecule has 0 aliphatic heterocycles. The van der Waals surface area contributed by atoms with Crippen molar-refractivity contribution in [3.63, 3.8) is 0 Å². The van der Waals surface area contributed by atoms with Crippen molar-refractivity contribution < 1.29 is 4.74 Å². The van der Waals surface area contributed by atoms with Crippen molar-refractivity contribution in [2.75, 3.05) is 7.11 Å². The SMILES string of the molecule is COc1cccc(Cc2c(C)cnn2-c2ccccc2)c1. The van der Waals surface area contributed by atoms with Crippen molar-refractivity contribution in [2.45, 2.75) is 13.3 Å². The van der Waals surface area contributed by atoms with Gasteiger partial charge in [0.15, 0.2) is 0 Å². The maximum Gasteiger partial charge on any atom is 0.119 e. The maximum atomic E-state index is 5.30. The Hall–Kier alpha value is -2.55. The van der Waals surface area contributed by atoms with Crippen LogP contribution in [0.15, 0.2) is 60.8 Å². The molecule has 3 nitrogen and oxygen atoms in total. The highest BCUT2D eigenvalue weighted by molar-refractivity contribution is 5.38. The van der Waals surface area contributed by atoms with E-state index in [1.807, 2.05) is 41.2 Å². The number of rotatable bonds is 4. The molecule has 0 aliphatic rings. The van der Waals surface area contributed by atoms with Crippen LogP contribution in [0.4, 0.5) is 0 Å². The molecule has 3 rings (SSSR count). The molecule has 0 unspecified atom stereocenters. The van der Waals surface area contributed by atoms with Crippen LogP contribution in [0.25, 0.3) is 5.69 Å². The quantitative estimate of drug-likeness (QED) is 0.726. The van der Waals surface area contributed by atoms with Gasteiger partial charge in [0.05, 0.1) is 24.7 Å². The molecule has 0 radical (unpaired) electrons. The van der Waals surface area contributed by atoms with Crippen molar-refractivity contribution >= 4 is 0 Å². The van der Waals surface area contributed by atoms with E-state index in [2.05, 4.69) is 36.3 Å². The fourth-order valence-electron chi connectivity index (χ4n) is 2.44. The van der Waals surface area contributed by atoms with E-state index in [4.69, 9.17) is 4.74 Å². The lowest BCUT2D eigenvalue weighted by Crippen LogP contribution is -2.04. The molecular formula is C18H18N2O. The monoisotopic (exact) mass is 278 g/mol. The van der Waals surface area contributed by atoms with Crippen molar-refractivity contribution in [1.29, 1.82) is 0 Å². The molecule has 0 saturated heterocycles. The van der Waals surface area contributed by atoms with Crippen molar-refractivity contribution in [3.05, 3.63) is 77.6 Å². The van der Waals surface area contributed by atoms with Crippen LogP contribution in [0.1, 0.15) is 16.8 Å². The number of aromatic nitrogens is 2. The molecule has 3 aromatic rings. The van der Waals surface area contributed by atoms with Crippen LogP contribution in [0, 0.1) is 6.92 Å². The standard InChI is InChI=1S/C18H18N2O/c1-14-13-19-20(16-8-4-3-5-9-16)18(14)12-15-7-6-10-17(11-15)21-2/h3-11,13H,12H2,1-2H3. The van der Waals surface area contributed by atoms with Gasteiger partial charge < -0.3 is 4.74 Å². The van der Waals surface area contributed by atoms with Gasteiger partial charge in [-0.3, -0.25) is 0 Å². The number of nitrogens with zero attached hydrogens (tertiary/aromatic N) is 2. The van der Waals surface area contributed by atoms with E-state index in [1.165, 1.54) is 16.8 Å². The normalized spacial score (nSPS) is 10.6. The molecule has 3 heteroatoms. The van der Waals surface area contributed by atoms with Gasteiger partial charge in [-0.05, 0) is 42.3 Å². The molecule has 0 fully saturated rings. The average Bonchev–Trinajstić information content (AvgIpc) is 2.89. The van der Waals surface area contributed by atoms with E-state index in [9.17, 15) is 0 Å². The number of methoxy groups -OCH3 is 1. The smallest absolute Gasteiger partial charge is 0.119 e. The van der Waals surface area contributed by atoms with Crippen LogP contribution < -0.4 is 4.74 Å². The molecule has 1 heterocycles. The minimum absolute atomic E-state index is 0.831. The number of para-hydroxylation sites is 1. The van der Waals surface area contributed by atoms with Crippen molar-refractivity contribution in [2.24, 2.45) is 0 Å². The highest BCUT2D eigenvalue weighted by Crippen LogP contribution is 2.20. The predicted octanol–water partition coefficient (Wildman–Crippen LogP) is 3.78. The second kappa shape index (κ2) is 5.83. The van der Waals surface area contributed by atoms with Crippen LogP contribution in [0.5, 0.6) is 5.75 Å². The molecule has 0 bridgehead atoms. The minimum atomic E-state index is 0.831. The summed E-state index contributed by atoms with van der Waals surface area (Å²) in [4.78, 5) is 0. The molecule has 1 aromatic heterocycles. The molecular weight excluding hydrogens is 260 g/mol. The third-order valence-corrected chi connectivity index (χ3v) is 3.58. The third-order valence-electron chi connectivity index (χ3n) is 3.58. The Kier molecular flexibility index (Phi) is 3.73. The van der Waals surface area contributed by atoms with Gasteiger partial charge in [-0.25, -0.2) is 4.68 Å². The largest absolute Gasteiger partial charge is 0.497 e. The fraction of sp³-hybridized carbons (Fsp3) is 0.167. The zero-order valence-corrected chi connectivity index (χ0v) is 12.3. The topological polar surface area (TPSA) is 27.1 Å². The third kappa shape index (κ3) is 2.82. The number of ether oxygens (including phenoxy) is 1. The lowest BCUT2D eigenvalue weighted by molar-refractivity contribution is 0.414. The van der Waals surface area contributed by atoms with E-state index in [1.54, 1.807) is 7.11 Å². The molecule has 0 aliphatic carbocycles. The number of benzene rings is 2. The number of aryl methyl sites for hydroxylation is 1. The first kappa shape index (κ1) is 13.4. The Morgan fingerprint density at radius 2 is 1.86 bits per heavy atom. The summed E-state index contributed by atoms with van der Waals surface area (Å²) in [6, 6.07) is 18.4. The van der Waals surface area contributed by atoms with Crippen molar-refractivity contribution in [1.82, 2.24) is 9.78 Å². The van der Waals surface area contributed by atoms with Crippen LogP contribution in [-0.4, -0.2) is 16.9 Å². The highest BCUT2D eigenvalue weighted by Gasteiger charge is 2.10. The van der Waals surface area contributed by atoms with E-state index in [0.29, 0.717) is 0 Å². The fourth-order valence-corrected chi connectivity index (χ4v) is 2.44. The first-order valence-electron chi connectivity index (χ1n) is 7.00. The lowest BCUT2D eigenvalue weighted by Gasteiger charge is -2.09. The molecule has 21 heavy (non-hydrogen) atoms. The van der Waals surface area contributed by atoms with E-state index >= 15 is 0 Å². The Bertz CT molecular complexity index is 732. The van der Waals surface area contributed by atoms with Gasteiger partial charge in [0, 0.05) is 6.42 Å². The molecule has 0 amide bonds. The molecule has 0 saturated carbocycles. The van der Waals surface area contributed by atoms with Gasteiger partial charge in [0.2, 0.25) is 0 Å². The number of hydrogen-bond acceptors (Lipinski definition) is 2. The summed E-state index contributed by atoms with van der Waals surface area (Å²) in [5.74, 6) is 0.885. The summed E-state index contributed by atoms with van der Waals surface area (Å²) in [6.07, 6.45) is 2.75. The van der Waals surface area contributed by atoms with E-state index in [0.717, 1.165) is 17.9 Å². The molecule has 0 N–H and O–H groups in total. The van der Waals surface area contributed by atoms with E-state index in [-0.39, 0.29) is 0 Å². The minimum Gasteiger partial charge on any atom is -0.497 e. The van der Waals surface area contributed by atoms with Crippen LogP contribution >= 0.6 is 0 Å². The summed E-state index contributed by atoms with van der Waals surface area (Å²) in [6.45, 7) is 2.10. The van der Waals surface area contributed by atoms with Crippen LogP contribution in [-0.2, 0) is 6.42 Å². The van der Waals surface area contributed by atoms with Crippen LogP contribution in [0.3, 0.4) is 0 Å². The first-order valence-corrected chi connectivity index (χ1v) is 7.00. The molecule has 106 valence electrons. The second-order valence-electron chi connectivity index (χ2n) is 5.05. The lowest BCUT2D eigenvalue weighted by atomic mass is 10.1. The maximum absolute atomic E-state index is 5.30. The van der Waals surface area contributed by atoms with E-state index < -0.39 is 0 Å². The van der Waals surface area contributed by atoms with Gasteiger partial charge in [0.25, 0.3) is 0 Å². The second-order valence-corrected chi connectivity index (χ2v) is 5.05. The Morgan fingerprint density at radius 1 is 1.05 bits per heavy atom. The average molecular weight is 278 g/mol. The summed E-state index contributed by atoms with van der Waals surface area (Å²) in [5, 5.41) is 4.51. The Labute approximate surface area is 124 Å².